The Bertz CT molecular complexity index is 826. The Balaban J connectivity index is 1.35. The SMILES string of the molecule is O=C(c1ccc2c(c1)Cc1ccccc1-2)N1CCC2(CCNC2)CC1. The highest BCUT2D eigenvalue weighted by molar-refractivity contribution is 5.95. The van der Waals surface area contributed by atoms with Crippen LogP contribution in [0.2, 0.25) is 0 Å². The minimum Gasteiger partial charge on any atom is -0.339 e. The molecule has 0 atom stereocenters. The number of hydrogen-bond acceptors (Lipinski definition) is 2. The summed E-state index contributed by atoms with van der Waals surface area (Å²) in [5, 5.41) is 3.49. The van der Waals surface area contributed by atoms with Crippen LogP contribution >= 0.6 is 0 Å². The number of hydrogen-bond donors (Lipinski definition) is 1. The average molecular weight is 332 g/mol. The molecule has 0 radical (unpaired) electrons. The zero-order chi connectivity index (χ0) is 16.9. The van der Waals surface area contributed by atoms with Gasteiger partial charge in [-0.15, -0.1) is 0 Å². The summed E-state index contributed by atoms with van der Waals surface area (Å²) in [6, 6.07) is 14.8. The first kappa shape index (κ1) is 15.2. The van der Waals surface area contributed by atoms with Gasteiger partial charge in [0.25, 0.3) is 5.91 Å². The van der Waals surface area contributed by atoms with Crippen molar-refractivity contribution in [2.75, 3.05) is 26.2 Å². The average Bonchev–Trinajstić information content (AvgIpc) is 3.25. The number of nitrogens with one attached hydrogen (secondary N) is 1. The molecule has 1 spiro atoms. The zero-order valence-electron chi connectivity index (χ0n) is 14.6. The van der Waals surface area contributed by atoms with Crippen molar-refractivity contribution in [2.24, 2.45) is 5.41 Å². The van der Waals surface area contributed by atoms with Crippen molar-refractivity contribution in [3.63, 3.8) is 0 Å². The predicted molar refractivity (Wildman–Crippen MR) is 99.7 cm³/mol. The molecule has 1 aliphatic carbocycles. The predicted octanol–water partition coefficient (Wildman–Crippen LogP) is 3.47. The van der Waals surface area contributed by atoms with Crippen LogP contribution < -0.4 is 5.32 Å². The van der Waals surface area contributed by atoms with Crippen LogP contribution in [0.25, 0.3) is 11.1 Å². The summed E-state index contributed by atoms with van der Waals surface area (Å²) in [4.78, 5) is 15.0. The van der Waals surface area contributed by atoms with Gasteiger partial charge in [-0.2, -0.15) is 0 Å². The monoisotopic (exact) mass is 332 g/mol. The smallest absolute Gasteiger partial charge is 0.253 e. The summed E-state index contributed by atoms with van der Waals surface area (Å²) >= 11 is 0. The molecule has 1 amide bonds. The second-order valence-electron chi connectivity index (χ2n) is 7.92. The molecule has 1 N–H and O–H groups in total. The topological polar surface area (TPSA) is 32.3 Å². The highest BCUT2D eigenvalue weighted by Gasteiger charge is 2.38. The molecule has 2 aromatic carbocycles. The van der Waals surface area contributed by atoms with Crippen molar-refractivity contribution >= 4 is 5.91 Å². The molecular weight excluding hydrogens is 308 g/mol. The fourth-order valence-electron chi connectivity index (χ4n) is 4.87. The van der Waals surface area contributed by atoms with Gasteiger partial charge in [0.1, 0.15) is 0 Å². The van der Waals surface area contributed by atoms with E-state index in [2.05, 4.69) is 46.6 Å². The maximum Gasteiger partial charge on any atom is 0.253 e. The normalized spacial score (nSPS) is 20.6. The molecule has 3 aliphatic rings. The van der Waals surface area contributed by atoms with Gasteiger partial charge in [0.15, 0.2) is 0 Å². The molecule has 0 bridgehead atoms. The first-order valence-corrected chi connectivity index (χ1v) is 9.45. The second kappa shape index (κ2) is 5.70. The Morgan fingerprint density at radius 3 is 2.56 bits per heavy atom. The van der Waals surface area contributed by atoms with Crippen LogP contribution in [-0.2, 0) is 6.42 Å². The first-order chi connectivity index (χ1) is 12.2. The van der Waals surface area contributed by atoms with Gasteiger partial charge < -0.3 is 10.2 Å². The van der Waals surface area contributed by atoms with Gasteiger partial charge in [-0.3, -0.25) is 4.79 Å². The van der Waals surface area contributed by atoms with Gasteiger partial charge in [0, 0.05) is 25.2 Å². The second-order valence-corrected chi connectivity index (χ2v) is 7.92. The van der Waals surface area contributed by atoms with Gasteiger partial charge in [0.2, 0.25) is 0 Å². The van der Waals surface area contributed by atoms with E-state index in [9.17, 15) is 4.79 Å². The van der Waals surface area contributed by atoms with Crippen molar-refractivity contribution in [1.82, 2.24) is 10.2 Å². The van der Waals surface area contributed by atoms with Crippen molar-refractivity contribution in [3.05, 3.63) is 59.2 Å². The molecule has 2 aliphatic heterocycles. The Kier molecular flexibility index (Phi) is 3.46. The van der Waals surface area contributed by atoms with E-state index in [1.165, 1.54) is 28.7 Å². The molecule has 2 heterocycles. The molecule has 25 heavy (non-hydrogen) atoms. The van der Waals surface area contributed by atoms with Crippen molar-refractivity contribution < 1.29 is 4.79 Å². The maximum absolute atomic E-state index is 13.0. The number of amides is 1. The van der Waals surface area contributed by atoms with Crippen molar-refractivity contribution in [3.8, 4) is 11.1 Å². The van der Waals surface area contributed by atoms with Crippen LogP contribution in [0, 0.1) is 5.41 Å². The molecule has 2 saturated heterocycles. The molecule has 2 fully saturated rings. The summed E-state index contributed by atoms with van der Waals surface area (Å²) in [7, 11) is 0. The molecular formula is C22H24N2O. The van der Waals surface area contributed by atoms with E-state index in [0.717, 1.165) is 51.0 Å². The number of carbonyl (C=O) groups excluding carboxylic acids is 1. The third-order valence-corrected chi connectivity index (χ3v) is 6.48. The highest BCUT2D eigenvalue weighted by atomic mass is 16.2. The van der Waals surface area contributed by atoms with Crippen LogP contribution in [0.1, 0.15) is 40.7 Å². The number of carbonyl (C=O) groups is 1. The van der Waals surface area contributed by atoms with E-state index < -0.39 is 0 Å². The Morgan fingerprint density at radius 2 is 1.76 bits per heavy atom. The van der Waals surface area contributed by atoms with E-state index in [1.807, 2.05) is 6.07 Å². The van der Waals surface area contributed by atoms with Crippen LogP contribution in [0.15, 0.2) is 42.5 Å². The van der Waals surface area contributed by atoms with Crippen molar-refractivity contribution in [1.29, 1.82) is 0 Å². The molecule has 3 nitrogen and oxygen atoms in total. The largest absolute Gasteiger partial charge is 0.339 e. The summed E-state index contributed by atoms with van der Waals surface area (Å²) in [5.41, 5.74) is 6.59. The Hall–Kier alpha value is -2.13. The summed E-state index contributed by atoms with van der Waals surface area (Å²) < 4.78 is 0. The Morgan fingerprint density at radius 1 is 0.960 bits per heavy atom. The number of rotatable bonds is 1. The third kappa shape index (κ3) is 2.49. The highest BCUT2D eigenvalue weighted by Crippen LogP contribution is 2.39. The lowest BCUT2D eigenvalue weighted by Crippen LogP contribution is -2.44. The molecule has 0 aromatic heterocycles. The number of benzene rings is 2. The van der Waals surface area contributed by atoms with Crippen LogP contribution in [-0.4, -0.2) is 37.0 Å². The molecule has 3 heteroatoms. The lowest BCUT2D eigenvalue weighted by Gasteiger charge is -2.39. The van der Waals surface area contributed by atoms with Crippen LogP contribution in [0.3, 0.4) is 0 Å². The quantitative estimate of drug-likeness (QED) is 0.740. The Labute approximate surface area is 149 Å². The third-order valence-electron chi connectivity index (χ3n) is 6.48. The van der Waals surface area contributed by atoms with Gasteiger partial charge in [-0.05, 0) is 72.0 Å². The fraction of sp³-hybridized carbons (Fsp3) is 0.409. The lowest BCUT2D eigenvalue weighted by atomic mass is 9.78. The minimum atomic E-state index is 0.208. The summed E-state index contributed by atoms with van der Waals surface area (Å²) in [5.74, 6) is 0.208. The van der Waals surface area contributed by atoms with Gasteiger partial charge in [-0.1, -0.05) is 30.3 Å². The van der Waals surface area contributed by atoms with Gasteiger partial charge >= 0.3 is 0 Å². The molecule has 128 valence electrons. The summed E-state index contributed by atoms with van der Waals surface area (Å²) in [6.45, 7) is 4.07. The molecule has 0 unspecified atom stereocenters. The number of piperidine rings is 1. The van der Waals surface area contributed by atoms with Crippen LogP contribution in [0.4, 0.5) is 0 Å². The van der Waals surface area contributed by atoms with Crippen LogP contribution in [0.5, 0.6) is 0 Å². The van der Waals surface area contributed by atoms with E-state index in [-0.39, 0.29) is 5.91 Å². The number of fused-ring (bicyclic) bond motifs is 3. The van der Waals surface area contributed by atoms with Crippen molar-refractivity contribution in [2.45, 2.75) is 25.7 Å². The standard InChI is InChI=1S/C22H24N2O/c25-21(24-11-8-22(9-12-24)7-10-23-15-22)17-5-6-20-18(14-17)13-16-3-1-2-4-19(16)20/h1-6,14,23H,7-13,15H2. The van der Waals surface area contributed by atoms with E-state index in [0.29, 0.717) is 5.41 Å². The minimum absolute atomic E-state index is 0.208. The zero-order valence-corrected chi connectivity index (χ0v) is 14.6. The lowest BCUT2D eigenvalue weighted by molar-refractivity contribution is 0.0607. The molecule has 5 rings (SSSR count). The number of nitrogens with zero attached hydrogens (tertiary/aromatic N) is 1. The molecule has 0 saturated carbocycles. The first-order valence-electron chi connectivity index (χ1n) is 9.45. The van der Waals surface area contributed by atoms with Gasteiger partial charge in [0.05, 0.1) is 0 Å². The fourth-order valence-corrected chi connectivity index (χ4v) is 4.87. The van der Waals surface area contributed by atoms with E-state index >= 15 is 0 Å². The summed E-state index contributed by atoms with van der Waals surface area (Å²) in [6.07, 6.45) is 4.50. The van der Waals surface area contributed by atoms with E-state index in [4.69, 9.17) is 0 Å². The molecule has 2 aromatic rings. The maximum atomic E-state index is 13.0. The van der Waals surface area contributed by atoms with Gasteiger partial charge in [-0.25, -0.2) is 0 Å². The number of likely N-dealkylation sites (tertiary alicyclic amines) is 1. The van der Waals surface area contributed by atoms with E-state index in [1.54, 1.807) is 0 Å².